The summed E-state index contributed by atoms with van der Waals surface area (Å²) < 4.78 is 6.71. The maximum Gasteiger partial charge on any atom is 0.414 e. The Labute approximate surface area is 169 Å². The third-order valence-corrected chi connectivity index (χ3v) is 6.51. The van der Waals surface area contributed by atoms with E-state index in [0.29, 0.717) is 51.7 Å². The molecule has 9 heteroatoms. The fraction of sp³-hybridized carbons (Fsp3) is 0.300. The average Bonchev–Trinajstić information content (AvgIpc) is 3.42. The van der Waals surface area contributed by atoms with Gasteiger partial charge in [-0.3, -0.25) is 19.1 Å². The normalized spacial score (nSPS) is 15.6. The first-order valence-corrected chi connectivity index (χ1v) is 10.2. The lowest BCUT2D eigenvalue weighted by molar-refractivity contribution is 0.103. The topological polar surface area (TPSA) is 93.5 Å². The minimum Gasteiger partial charge on any atom is -0.447 e. The Hall–Kier alpha value is -3.20. The summed E-state index contributed by atoms with van der Waals surface area (Å²) in [4.78, 5) is 45.0. The molecule has 3 aromatic rings. The van der Waals surface area contributed by atoms with Crippen molar-refractivity contribution >= 4 is 44.9 Å². The highest BCUT2D eigenvalue weighted by Crippen LogP contribution is 2.32. The Bertz CT molecular complexity index is 1230. The lowest BCUT2D eigenvalue weighted by Gasteiger charge is -2.17. The van der Waals surface area contributed by atoms with Crippen LogP contribution in [0.3, 0.4) is 0 Å². The largest absolute Gasteiger partial charge is 0.447 e. The highest BCUT2D eigenvalue weighted by Gasteiger charge is 2.27. The Morgan fingerprint density at radius 2 is 2.07 bits per heavy atom. The number of amides is 2. The number of nitrogens with zero attached hydrogens (tertiary/aromatic N) is 3. The van der Waals surface area contributed by atoms with Gasteiger partial charge in [0.05, 0.1) is 28.2 Å². The molecule has 2 aliphatic heterocycles. The molecular formula is C20H18N4O4S. The number of hydrogen-bond acceptors (Lipinski definition) is 6. The molecule has 0 atom stereocenters. The van der Waals surface area contributed by atoms with Crippen molar-refractivity contribution in [3.8, 4) is 0 Å². The number of aryl methyl sites for hydroxylation is 2. The molecule has 0 spiro atoms. The molecule has 4 heterocycles. The van der Waals surface area contributed by atoms with Crippen LogP contribution in [0.4, 0.5) is 16.2 Å². The summed E-state index contributed by atoms with van der Waals surface area (Å²) in [6.07, 6.45) is 1.27. The molecule has 2 aliphatic rings. The highest BCUT2D eigenvalue weighted by atomic mass is 32.1. The summed E-state index contributed by atoms with van der Waals surface area (Å²) in [5.74, 6) is 0.462. The van der Waals surface area contributed by atoms with Crippen molar-refractivity contribution in [3.05, 3.63) is 50.9 Å². The van der Waals surface area contributed by atoms with E-state index in [-0.39, 0.29) is 11.5 Å². The molecule has 148 valence electrons. The van der Waals surface area contributed by atoms with E-state index in [9.17, 15) is 14.4 Å². The van der Waals surface area contributed by atoms with E-state index >= 15 is 0 Å². The third-order valence-electron chi connectivity index (χ3n) is 5.32. The number of para-hydroxylation sites is 2. The van der Waals surface area contributed by atoms with Crippen LogP contribution in [0.2, 0.25) is 0 Å². The lowest BCUT2D eigenvalue weighted by Crippen LogP contribution is -2.25. The van der Waals surface area contributed by atoms with Crippen molar-refractivity contribution in [2.45, 2.75) is 26.3 Å². The molecule has 2 amide bonds. The van der Waals surface area contributed by atoms with Crippen molar-refractivity contribution in [3.63, 3.8) is 0 Å². The van der Waals surface area contributed by atoms with Crippen LogP contribution >= 0.6 is 11.3 Å². The molecular weight excluding hydrogens is 392 g/mol. The molecule has 1 saturated heterocycles. The summed E-state index contributed by atoms with van der Waals surface area (Å²) in [5.41, 5.74) is 1.66. The van der Waals surface area contributed by atoms with E-state index in [1.165, 1.54) is 16.2 Å². The first-order chi connectivity index (χ1) is 14.0. The highest BCUT2D eigenvalue weighted by molar-refractivity contribution is 7.20. The number of benzene rings is 1. The van der Waals surface area contributed by atoms with Crippen LogP contribution in [0.1, 0.15) is 27.5 Å². The fourth-order valence-electron chi connectivity index (χ4n) is 3.90. The number of thiophene rings is 1. The van der Waals surface area contributed by atoms with Crippen molar-refractivity contribution < 1.29 is 14.3 Å². The second-order valence-corrected chi connectivity index (χ2v) is 8.06. The van der Waals surface area contributed by atoms with E-state index in [0.717, 1.165) is 18.7 Å². The smallest absolute Gasteiger partial charge is 0.414 e. The van der Waals surface area contributed by atoms with Crippen LogP contribution < -0.4 is 15.8 Å². The minimum atomic E-state index is -0.434. The Kier molecular flexibility index (Phi) is 4.13. The monoisotopic (exact) mass is 410 g/mol. The minimum absolute atomic E-state index is 0.0736. The predicted octanol–water partition coefficient (Wildman–Crippen LogP) is 2.92. The maximum atomic E-state index is 13.0. The van der Waals surface area contributed by atoms with Gasteiger partial charge in [-0.05, 0) is 31.0 Å². The number of cyclic esters (lactones) is 1. The first-order valence-electron chi connectivity index (χ1n) is 9.42. The van der Waals surface area contributed by atoms with Gasteiger partial charge in [0, 0.05) is 13.0 Å². The Balaban J connectivity index is 1.52. The van der Waals surface area contributed by atoms with Crippen molar-refractivity contribution in [1.82, 2.24) is 9.55 Å². The van der Waals surface area contributed by atoms with Crippen LogP contribution in [-0.2, 0) is 17.7 Å². The van der Waals surface area contributed by atoms with E-state index in [1.54, 1.807) is 35.8 Å². The molecule has 1 fully saturated rings. The van der Waals surface area contributed by atoms with Crippen LogP contribution in [0, 0.1) is 6.92 Å². The predicted molar refractivity (Wildman–Crippen MR) is 110 cm³/mol. The summed E-state index contributed by atoms with van der Waals surface area (Å²) >= 11 is 1.23. The van der Waals surface area contributed by atoms with Gasteiger partial charge in [-0.2, -0.15) is 0 Å². The summed E-state index contributed by atoms with van der Waals surface area (Å²) in [6.45, 7) is 3.20. The van der Waals surface area contributed by atoms with Gasteiger partial charge in [0.15, 0.2) is 0 Å². The van der Waals surface area contributed by atoms with E-state index in [1.807, 2.05) is 0 Å². The number of hydrogen-bond donors (Lipinski definition) is 1. The molecule has 1 aromatic carbocycles. The Morgan fingerprint density at radius 3 is 2.86 bits per heavy atom. The van der Waals surface area contributed by atoms with Gasteiger partial charge in [0.25, 0.3) is 11.5 Å². The van der Waals surface area contributed by atoms with Crippen LogP contribution in [0.5, 0.6) is 0 Å². The van der Waals surface area contributed by atoms with Gasteiger partial charge < -0.3 is 10.1 Å². The van der Waals surface area contributed by atoms with Gasteiger partial charge in [-0.25, -0.2) is 9.78 Å². The number of anilines is 2. The first kappa shape index (κ1) is 17.9. The zero-order chi connectivity index (χ0) is 20.1. The molecule has 0 aliphatic carbocycles. The summed E-state index contributed by atoms with van der Waals surface area (Å²) in [7, 11) is 0. The number of nitrogens with one attached hydrogen (secondary N) is 1. The van der Waals surface area contributed by atoms with Crippen LogP contribution in [0.25, 0.3) is 10.2 Å². The third kappa shape index (κ3) is 2.80. The van der Waals surface area contributed by atoms with Gasteiger partial charge in [0.1, 0.15) is 17.3 Å². The van der Waals surface area contributed by atoms with Crippen molar-refractivity contribution in [2.75, 3.05) is 23.4 Å². The Morgan fingerprint density at radius 1 is 1.24 bits per heavy atom. The second kappa shape index (κ2) is 6.70. The quantitative estimate of drug-likeness (QED) is 0.717. The molecule has 2 aromatic heterocycles. The fourth-order valence-corrected chi connectivity index (χ4v) is 4.98. The van der Waals surface area contributed by atoms with E-state index in [2.05, 4.69) is 10.3 Å². The standard InChI is InChI=1S/C20H18N4O4S/c1-11-15-18(22-14-7-4-8-24(14)19(15)26)29-16(11)17(25)21-12-5-2-3-6-13(12)23-9-10-28-20(23)27/h2-3,5-6H,4,7-10H2,1H3,(H,21,25). The molecule has 1 N–H and O–H groups in total. The summed E-state index contributed by atoms with van der Waals surface area (Å²) in [5, 5.41) is 3.40. The molecule has 29 heavy (non-hydrogen) atoms. The number of fused-ring (bicyclic) bond motifs is 2. The van der Waals surface area contributed by atoms with Crippen LogP contribution in [-0.4, -0.2) is 34.7 Å². The van der Waals surface area contributed by atoms with Gasteiger partial charge >= 0.3 is 6.09 Å². The molecule has 0 bridgehead atoms. The summed E-state index contributed by atoms with van der Waals surface area (Å²) in [6, 6.07) is 7.09. The maximum absolute atomic E-state index is 13.0. The average molecular weight is 410 g/mol. The van der Waals surface area contributed by atoms with Gasteiger partial charge in [-0.1, -0.05) is 12.1 Å². The molecule has 8 nitrogen and oxygen atoms in total. The number of carbonyl (C=O) groups excluding carboxylic acids is 2. The second-order valence-electron chi connectivity index (χ2n) is 7.06. The number of ether oxygens (including phenoxy) is 1. The molecule has 0 radical (unpaired) electrons. The van der Waals surface area contributed by atoms with Crippen molar-refractivity contribution in [1.29, 1.82) is 0 Å². The van der Waals surface area contributed by atoms with Crippen LogP contribution in [0.15, 0.2) is 29.1 Å². The molecule has 0 unspecified atom stereocenters. The number of carbonyl (C=O) groups is 2. The lowest BCUT2D eigenvalue weighted by atomic mass is 10.2. The van der Waals surface area contributed by atoms with E-state index in [4.69, 9.17) is 4.74 Å². The SMILES string of the molecule is Cc1c(C(=O)Nc2ccccc2N2CCOC2=O)sc2nc3n(c(=O)c12)CCC3. The zero-order valence-electron chi connectivity index (χ0n) is 15.7. The number of aromatic nitrogens is 2. The van der Waals surface area contributed by atoms with E-state index < -0.39 is 6.09 Å². The number of rotatable bonds is 3. The molecule has 5 rings (SSSR count). The van der Waals surface area contributed by atoms with Crippen molar-refractivity contribution in [2.24, 2.45) is 0 Å². The van der Waals surface area contributed by atoms with Gasteiger partial charge in [0.2, 0.25) is 0 Å². The zero-order valence-corrected chi connectivity index (χ0v) is 16.5. The molecule has 0 saturated carbocycles. The van der Waals surface area contributed by atoms with Gasteiger partial charge in [-0.15, -0.1) is 11.3 Å².